The highest BCUT2D eigenvalue weighted by Gasteiger charge is 2.32. The Morgan fingerprint density at radius 2 is 2.27 bits per heavy atom. The Hall–Kier alpha value is -0.870. The van der Waals surface area contributed by atoms with Gasteiger partial charge in [-0.2, -0.15) is 0 Å². The van der Waals surface area contributed by atoms with Gasteiger partial charge in [-0.3, -0.25) is 4.79 Å². The molecule has 0 unspecified atom stereocenters. The van der Waals surface area contributed by atoms with Gasteiger partial charge in [0.2, 0.25) is 5.91 Å². The maximum Gasteiger partial charge on any atom is 0.220 e. The number of carbonyl (C=O) groups excluding carboxylic acids is 1. The van der Waals surface area contributed by atoms with Crippen molar-refractivity contribution in [3.63, 3.8) is 0 Å². The van der Waals surface area contributed by atoms with Crippen LogP contribution in [0.1, 0.15) is 25.7 Å². The number of nitrogens with one attached hydrogen (secondary N) is 1. The first-order chi connectivity index (χ1) is 7.17. The minimum Gasteiger partial charge on any atom is -0.396 e. The smallest absolute Gasteiger partial charge is 0.220 e. The van der Waals surface area contributed by atoms with E-state index in [9.17, 15) is 9.90 Å². The van der Waals surface area contributed by atoms with Gasteiger partial charge in [0, 0.05) is 25.0 Å². The van der Waals surface area contributed by atoms with Crippen LogP contribution in [0.3, 0.4) is 0 Å². The van der Waals surface area contributed by atoms with Crippen LogP contribution in [0.2, 0.25) is 0 Å². The molecule has 1 amide bonds. The molecule has 3 atom stereocenters. The third kappa shape index (κ3) is 3.64. The van der Waals surface area contributed by atoms with Crippen LogP contribution >= 0.6 is 0 Å². The fourth-order valence-corrected chi connectivity index (χ4v) is 1.95. The summed E-state index contributed by atoms with van der Waals surface area (Å²) < 4.78 is 0. The topological polar surface area (TPSA) is 69.6 Å². The Morgan fingerprint density at radius 3 is 2.80 bits per heavy atom. The minimum atomic E-state index is -0.486. The predicted octanol–water partition coefficient (Wildman–Crippen LogP) is 0.201. The second-order valence-corrected chi connectivity index (χ2v) is 4.07. The monoisotopic (exact) mass is 213 g/mol. The predicted molar refractivity (Wildman–Crippen MR) is 57.2 cm³/mol. The number of allylic oxidation sites excluding steroid dienone is 1. The Kier molecular flexibility index (Phi) is 4.78. The highest BCUT2D eigenvalue weighted by Crippen LogP contribution is 2.25. The van der Waals surface area contributed by atoms with Crippen LogP contribution < -0.4 is 5.32 Å². The first-order valence-corrected chi connectivity index (χ1v) is 5.36. The highest BCUT2D eigenvalue weighted by molar-refractivity contribution is 5.76. The van der Waals surface area contributed by atoms with Crippen LogP contribution in [0.4, 0.5) is 0 Å². The van der Waals surface area contributed by atoms with Crippen molar-refractivity contribution in [2.45, 2.75) is 37.8 Å². The van der Waals surface area contributed by atoms with Crippen LogP contribution in [0.25, 0.3) is 0 Å². The summed E-state index contributed by atoms with van der Waals surface area (Å²) in [4.78, 5) is 11.4. The van der Waals surface area contributed by atoms with Crippen LogP contribution in [0.5, 0.6) is 0 Å². The Balaban J connectivity index is 2.28. The van der Waals surface area contributed by atoms with E-state index in [1.165, 1.54) is 0 Å². The summed E-state index contributed by atoms with van der Waals surface area (Å²) in [6, 6.07) is 0.00876. The van der Waals surface area contributed by atoms with Crippen LogP contribution in [-0.4, -0.2) is 34.9 Å². The van der Waals surface area contributed by atoms with E-state index < -0.39 is 6.10 Å². The molecular formula is C11H19NO3. The molecule has 0 heterocycles. The molecule has 0 bridgehead atoms. The second kappa shape index (κ2) is 5.88. The van der Waals surface area contributed by atoms with Crippen LogP contribution in [0, 0.1) is 5.92 Å². The maximum absolute atomic E-state index is 11.4. The lowest BCUT2D eigenvalue weighted by molar-refractivity contribution is -0.121. The summed E-state index contributed by atoms with van der Waals surface area (Å²) >= 11 is 0. The first kappa shape index (κ1) is 12.2. The van der Waals surface area contributed by atoms with E-state index in [2.05, 4.69) is 11.9 Å². The molecule has 4 heteroatoms. The van der Waals surface area contributed by atoms with Gasteiger partial charge in [0.15, 0.2) is 0 Å². The highest BCUT2D eigenvalue weighted by atomic mass is 16.3. The van der Waals surface area contributed by atoms with Crippen molar-refractivity contribution in [3.05, 3.63) is 12.7 Å². The summed E-state index contributed by atoms with van der Waals surface area (Å²) in [7, 11) is 0. The molecule has 1 saturated carbocycles. The van der Waals surface area contributed by atoms with Gasteiger partial charge in [0.05, 0.1) is 6.10 Å². The average Bonchev–Trinajstić information content (AvgIpc) is 2.55. The lowest BCUT2D eigenvalue weighted by Crippen LogP contribution is -2.33. The second-order valence-electron chi connectivity index (χ2n) is 4.07. The van der Waals surface area contributed by atoms with Gasteiger partial charge in [0.25, 0.3) is 0 Å². The van der Waals surface area contributed by atoms with E-state index >= 15 is 0 Å². The largest absolute Gasteiger partial charge is 0.396 e. The molecule has 1 aliphatic rings. The molecule has 0 spiro atoms. The standard InChI is InChI=1S/C11H19NO3/c1-2-3-4-11(15)12-9-5-8(7-13)10(14)6-9/h2,8-10,13-14H,1,3-7H2,(H,12,15)/t8-,9-,10-/m1/s1. The molecule has 0 radical (unpaired) electrons. The van der Waals surface area contributed by atoms with Gasteiger partial charge in [-0.05, 0) is 19.3 Å². The lowest BCUT2D eigenvalue weighted by Gasteiger charge is -2.11. The number of carbonyl (C=O) groups is 1. The van der Waals surface area contributed by atoms with Crippen LogP contribution in [0.15, 0.2) is 12.7 Å². The van der Waals surface area contributed by atoms with E-state index in [1.54, 1.807) is 6.08 Å². The normalized spacial score (nSPS) is 30.1. The minimum absolute atomic E-state index is 0.00862. The SMILES string of the molecule is C=CCCC(=O)N[C@@H]1C[C@H](CO)[C@H](O)C1. The number of hydrogen-bond donors (Lipinski definition) is 3. The maximum atomic E-state index is 11.4. The van der Waals surface area contributed by atoms with Gasteiger partial charge in [-0.25, -0.2) is 0 Å². The zero-order valence-electron chi connectivity index (χ0n) is 8.85. The van der Waals surface area contributed by atoms with Crippen molar-refractivity contribution < 1.29 is 15.0 Å². The van der Waals surface area contributed by atoms with Gasteiger partial charge in [-0.1, -0.05) is 6.08 Å². The van der Waals surface area contributed by atoms with Crippen LogP contribution in [-0.2, 0) is 4.79 Å². The van der Waals surface area contributed by atoms with Crippen molar-refractivity contribution in [3.8, 4) is 0 Å². The van der Waals surface area contributed by atoms with Gasteiger partial charge in [-0.15, -0.1) is 6.58 Å². The fourth-order valence-electron chi connectivity index (χ4n) is 1.95. The van der Waals surface area contributed by atoms with Crippen molar-refractivity contribution in [2.24, 2.45) is 5.92 Å². The third-order valence-corrected chi connectivity index (χ3v) is 2.83. The molecule has 0 aromatic rings. The Labute approximate surface area is 90.0 Å². The van der Waals surface area contributed by atoms with E-state index in [1.807, 2.05) is 0 Å². The quantitative estimate of drug-likeness (QED) is 0.571. The zero-order valence-corrected chi connectivity index (χ0v) is 8.85. The number of aliphatic hydroxyl groups is 2. The molecule has 15 heavy (non-hydrogen) atoms. The third-order valence-electron chi connectivity index (χ3n) is 2.83. The zero-order chi connectivity index (χ0) is 11.3. The van der Waals surface area contributed by atoms with Gasteiger partial charge in [0.1, 0.15) is 0 Å². The van der Waals surface area contributed by atoms with E-state index in [4.69, 9.17) is 5.11 Å². The number of amides is 1. The van der Waals surface area contributed by atoms with E-state index in [-0.39, 0.29) is 24.5 Å². The summed E-state index contributed by atoms with van der Waals surface area (Å²) in [5.74, 6) is -0.0969. The van der Waals surface area contributed by atoms with Crippen molar-refractivity contribution in [2.75, 3.05) is 6.61 Å². The van der Waals surface area contributed by atoms with Crippen molar-refractivity contribution in [1.29, 1.82) is 0 Å². The molecule has 1 fully saturated rings. The Morgan fingerprint density at radius 1 is 1.53 bits per heavy atom. The first-order valence-electron chi connectivity index (χ1n) is 5.36. The fraction of sp³-hybridized carbons (Fsp3) is 0.727. The summed E-state index contributed by atoms with van der Waals surface area (Å²) in [6.07, 6.45) is 3.55. The molecule has 1 aliphatic carbocycles. The summed E-state index contributed by atoms with van der Waals surface area (Å²) in [6.45, 7) is 3.54. The number of rotatable bonds is 5. The molecule has 0 saturated heterocycles. The molecular weight excluding hydrogens is 194 g/mol. The number of aliphatic hydroxyl groups excluding tert-OH is 2. The van der Waals surface area contributed by atoms with Gasteiger partial charge < -0.3 is 15.5 Å². The van der Waals surface area contributed by atoms with E-state index in [0.717, 1.165) is 0 Å². The lowest BCUT2D eigenvalue weighted by atomic mass is 10.1. The molecule has 0 aliphatic heterocycles. The summed E-state index contributed by atoms with van der Waals surface area (Å²) in [5, 5.41) is 21.3. The molecule has 86 valence electrons. The summed E-state index contributed by atoms with van der Waals surface area (Å²) in [5.41, 5.74) is 0. The molecule has 1 rings (SSSR count). The average molecular weight is 213 g/mol. The Bertz CT molecular complexity index is 230. The molecule has 3 N–H and O–H groups in total. The van der Waals surface area contributed by atoms with E-state index in [0.29, 0.717) is 25.7 Å². The number of hydrogen-bond acceptors (Lipinski definition) is 3. The van der Waals surface area contributed by atoms with Crippen molar-refractivity contribution in [1.82, 2.24) is 5.32 Å². The van der Waals surface area contributed by atoms with Gasteiger partial charge >= 0.3 is 0 Å². The molecule has 0 aromatic heterocycles. The molecule has 0 aromatic carbocycles. The molecule has 4 nitrogen and oxygen atoms in total. The van der Waals surface area contributed by atoms with Crippen molar-refractivity contribution >= 4 is 5.91 Å².